The van der Waals surface area contributed by atoms with Crippen molar-refractivity contribution in [2.24, 2.45) is 0 Å². The first-order chi connectivity index (χ1) is 15.1. The maximum absolute atomic E-state index is 13.3. The number of amides is 1. The number of nitrogens with one attached hydrogen (secondary N) is 2. The summed E-state index contributed by atoms with van der Waals surface area (Å²) < 4.78 is 72.5. The van der Waals surface area contributed by atoms with Gasteiger partial charge in [-0.3, -0.25) is 15.6 Å². The molecule has 3 rings (SSSR count). The zero-order chi connectivity index (χ0) is 23.5. The van der Waals surface area contributed by atoms with E-state index in [1.807, 2.05) is 6.92 Å². The van der Waals surface area contributed by atoms with E-state index in [4.69, 9.17) is 4.74 Å². The third-order valence-corrected chi connectivity index (χ3v) is 7.33. The maximum Gasteiger partial charge on any atom is 0.418 e. The van der Waals surface area contributed by atoms with Crippen molar-refractivity contribution >= 4 is 21.6 Å². The minimum atomic E-state index is -4.61. The number of sulfonamides is 1. The van der Waals surface area contributed by atoms with E-state index in [1.165, 1.54) is 47.8 Å². The summed E-state index contributed by atoms with van der Waals surface area (Å²) in [5.41, 5.74) is 3.13. The van der Waals surface area contributed by atoms with Crippen LogP contribution in [0, 0.1) is 0 Å². The van der Waals surface area contributed by atoms with Gasteiger partial charge < -0.3 is 4.74 Å². The highest BCUT2D eigenvalue weighted by Crippen LogP contribution is 2.34. The van der Waals surface area contributed by atoms with E-state index < -0.39 is 27.7 Å². The molecule has 0 bridgehead atoms. The number of carbonyl (C=O) groups is 1. The molecule has 1 aliphatic rings. The molecule has 1 amide bonds. The Hall–Kier alpha value is -2.79. The lowest BCUT2D eigenvalue weighted by molar-refractivity contribution is -0.137. The Kier molecular flexibility index (Phi) is 6.99. The van der Waals surface area contributed by atoms with Crippen molar-refractivity contribution < 1.29 is 31.1 Å². The second-order valence-electron chi connectivity index (χ2n) is 7.45. The molecular formula is C21H24F3N3O4S. The largest absolute Gasteiger partial charge is 0.495 e. The van der Waals surface area contributed by atoms with E-state index >= 15 is 0 Å². The number of hydrazine groups is 1. The number of carbonyl (C=O) groups excluding carboxylic acids is 1. The number of rotatable bonds is 6. The highest BCUT2D eigenvalue weighted by atomic mass is 32.2. The summed E-state index contributed by atoms with van der Waals surface area (Å²) in [5.74, 6) is -0.720. The van der Waals surface area contributed by atoms with E-state index in [-0.39, 0.29) is 27.9 Å². The lowest BCUT2D eigenvalue weighted by Crippen LogP contribution is -2.42. The quantitative estimate of drug-likeness (QED) is 0.621. The molecule has 11 heteroatoms. The molecule has 1 aliphatic heterocycles. The summed E-state index contributed by atoms with van der Waals surface area (Å²) in [5, 5.41) is 0. The molecule has 32 heavy (non-hydrogen) atoms. The van der Waals surface area contributed by atoms with E-state index in [1.54, 1.807) is 0 Å². The molecule has 174 valence electrons. The fourth-order valence-corrected chi connectivity index (χ4v) is 5.49. The minimum Gasteiger partial charge on any atom is -0.495 e. The van der Waals surface area contributed by atoms with Gasteiger partial charge in [-0.25, -0.2) is 8.42 Å². The number of para-hydroxylation sites is 1. The van der Waals surface area contributed by atoms with Gasteiger partial charge in [-0.2, -0.15) is 17.5 Å². The van der Waals surface area contributed by atoms with Crippen molar-refractivity contribution in [3.63, 3.8) is 0 Å². The van der Waals surface area contributed by atoms with Crippen molar-refractivity contribution in [2.45, 2.75) is 43.3 Å². The van der Waals surface area contributed by atoms with Gasteiger partial charge in [0, 0.05) is 18.2 Å². The molecule has 2 N–H and O–H groups in total. The number of nitrogens with zero attached hydrogens (tertiary/aromatic N) is 1. The third kappa shape index (κ3) is 4.99. The predicted molar refractivity (Wildman–Crippen MR) is 113 cm³/mol. The SMILES string of the molecule is COc1ccc(C(=O)NNc2ccccc2C(F)(F)F)cc1S(=O)(=O)N1CCCCC1C. The summed E-state index contributed by atoms with van der Waals surface area (Å²) in [6.07, 6.45) is -2.22. The summed E-state index contributed by atoms with van der Waals surface area (Å²) in [6.45, 7) is 2.18. The Balaban J connectivity index is 1.86. The van der Waals surface area contributed by atoms with Crippen LogP contribution in [-0.2, 0) is 16.2 Å². The molecule has 1 saturated heterocycles. The first kappa shape index (κ1) is 23.9. The highest BCUT2D eigenvalue weighted by molar-refractivity contribution is 7.89. The van der Waals surface area contributed by atoms with Gasteiger partial charge in [-0.05, 0) is 50.1 Å². The van der Waals surface area contributed by atoms with Gasteiger partial charge in [0.05, 0.1) is 18.4 Å². The van der Waals surface area contributed by atoms with Crippen LogP contribution < -0.4 is 15.6 Å². The van der Waals surface area contributed by atoms with Crippen molar-refractivity contribution in [2.75, 3.05) is 19.1 Å². The van der Waals surface area contributed by atoms with E-state index in [2.05, 4.69) is 10.9 Å². The van der Waals surface area contributed by atoms with Gasteiger partial charge in [0.15, 0.2) is 0 Å². The molecule has 0 saturated carbocycles. The molecule has 1 atom stereocenters. The maximum atomic E-state index is 13.3. The van der Waals surface area contributed by atoms with Crippen LogP contribution in [0.2, 0.25) is 0 Å². The van der Waals surface area contributed by atoms with Crippen LogP contribution in [0.25, 0.3) is 0 Å². The standard InChI is InChI=1S/C21H24F3N3O4S/c1-14-7-5-6-12-27(14)32(29,30)19-13-15(10-11-18(19)31-2)20(28)26-25-17-9-4-3-8-16(17)21(22,23)24/h3-4,8-11,13-14,25H,5-7,12H2,1-2H3,(H,26,28). The van der Waals surface area contributed by atoms with Crippen LogP contribution in [0.5, 0.6) is 5.75 Å². The van der Waals surface area contributed by atoms with Gasteiger partial charge in [-0.1, -0.05) is 18.6 Å². The molecule has 2 aromatic carbocycles. The molecule has 0 aromatic heterocycles. The van der Waals surface area contributed by atoms with Gasteiger partial charge in [0.25, 0.3) is 5.91 Å². The molecular weight excluding hydrogens is 447 g/mol. The Labute approximate surface area is 184 Å². The Morgan fingerprint density at radius 2 is 1.88 bits per heavy atom. The van der Waals surface area contributed by atoms with E-state index in [0.717, 1.165) is 25.3 Å². The van der Waals surface area contributed by atoms with Gasteiger partial charge in [-0.15, -0.1) is 0 Å². The molecule has 1 unspecified atom stereocenters. The average Bonchev–Trinajstić information content (AvgIpc) is 2.76. The fourth-order valence-electron chi connectivity index (χ4n) is 3.61. The van der Waals surface area contributed by atoms with Gasteiger partial charge in [0.1, 0.15) is 10.6 Å². The average molecular weight is 472 g/mol. The van der Waals surface area contributed by atoms with Crippen molar-refractivity contribution in [1.82, 2.24) is 9.73 Å². The predicted octanol–water partition coefficient (Wildman–Crippen LogP) is 4.03. The highest BCUT2D eigenvalue weighted by Gasteiger charge is 2.34. The fraction of sp³-hybridized carbons (Fsp3) is 0.381. The zero-order valence-electron chi connectivity index (χ0n) is 17.6. The smallest absolute Gasteiger partial charge is 0.418 e. The number of piperidine rings is 1. The monoisotopic (exact) mass is 471 g/mol. The van der Waals surface area contributed by atoms with Crippen LogP contribution in [0.3, 0.4) is 0 Å². The second-order valence-corrected chi connectivity index (χ2v) is 9.31. The molecule has 7 nitrogen and oxygen atoms in total. The van der Waals surface area contributed by atoms with Crippen molar-refractivity contribution in [3.05, 3.63) is 53.6 Å². The molecule has 0 radical (unpaired) electrons. The number of anilines is 1. The molecule has 0 spiro atoms. The number of halogens is 3. The summed E-state index contributed by atoms with van der Waals surface area (Å²) in [4.78, 5) is 12.4. The molecule has 2 aromatic rings. The normalized spacial score (nSPS) is 17.6. The Morgan fingerprint density at radius 3 is 2.53 bits per heavy atom. The van der Waals surface area contributed by atoms with Crippen LogP contribution in [0.1, 0.15) is 42.1 Å². The number of benzene rings is 2. The lowest BCUT2D eigenvalue weighted by atomic mass is 10.1. The first-order valence-electron chi connectivity index (χ1n) is 9.98. The number of methoxy groups -OCH3 is 1. The van der Waals surface area contributed by atoms with E-state index in [0.29, 0.717) is 6.54 Å². The minimum absolute atomic E-state index is 0.0500. The Bertz CT molecular complexity index is 1090. The first-order valence-corrected chi connectivity index (χ1v) is 11.4. The van der Waals surface area contributed by atoms with Crippen LogP contribution >= 0.6 is 0 Å². The van der Waals surface area contributed by atoms with Gasteiger partial charge in [0.2, 0.25) is 10.0 Å². The Morgan fingerprint density at radius 1 is 1.16 bits per heavy atom. The van der Waals surface area contributed by atoms with Crippen molar-refractivity contribution in [3.8, 4) is 5.75 Å². The number of hydrogen-bond acceptors (Lipinski definition) is 5. The third-order valence-electron chi connectivity index (χ3n) is 5.30. The van der Waals surface area contributed by atoms with Crippen molar-refractivity contribution in [1.29, 1.82) is 0 Å². The summed E-state index contributed by atoms with van der Waals surface area (Å²) in [7, 11) is -2.62. The van der Waals surface area contributed by atoms with Crippen LogP contribution in [0.15, 0.2) is 47.4 Å². The van der Waals surface area contributed by atoms with Crippen LogP contribution in [-0.4, -0.2) is 38.3 Å². The number of ether oxygens (including phenoxy) is 1. The number of hydrogen-bond donors (Lipinski definition) is 2. The second kappa shape index (κ2) is 9.37. The molecule has 1 fully saturated rings. The zero-order valence-corrected chi connectivity index (χ0v) is 18.4. The topological polar surface area (TPSA) is 87.7 Å². The molecule has 1 heterocycles. The lowest BCUT2D eigenvalue weighted by Gasteiger charge is -2.32. The molecule has 0 aliphatic carbocycles. The summed E-state index contributed by atoms with van der Waals surface area (Å²) >= 11 is 0. The van der Waals surface area contributed by atoms with Crippen LogP contribution in [0.4, 0.5) is 18.9 Å². The number of alkyl halides is 3. The van der Waals surface area contributed by atoms with Gasteiger partial charge >= 0.3 is 6.18 Å². The van der Waals surface area contributed by atoms with E-state index in [9.17, 15) is 26.4 Å². The summed E-state index contributed by atoms with van der Waals surface area (Å²) in [6, 6.07) is 8.33.